The Bertz CT molecular complexity index is 907. The normalized spacial score (nSPS) is 10.7. The Morgan fingerprint density at radius 1 is 1.25 bits per heavy atom. The average Bonchev–Trinajstić information content (AvgIpc) is 3.04. The summed E-state index contributed by atoms with van der Waals surface area (Å²) in [6.07, 6.45) is 1.44. The lowest BCUT2D eigenvalue weighted by atomic mass is 10.1. The van der Waals surface area contributed by atoms with Crippen molar-refractivity contribution in [3.8, 4) is 10.4 Å². The number of benzene rings is 1. The SMILES string of the molecule is CNC(=O)c1ccc(-c2cc3ncnc(SCC(=O)O)c3s2)cc1. The molecule has 1 amide bonds. The van der Waals surface area contributed by atoms with Gasteiger partial charge < -0.3 is 10.4 Å². The minimum atomic E-state index is -0.881. The van der Waals surface area contributed by atoms with E-state index in [1.807, 2.05) is 18.2 Å². The van der Waals surface area contributed by atoms with Crippen LogP contribution in [0.5, 0.6) is 0 Å². The van der Waals surface area contributed by atoms with Crippen molar-refractivity contribution >= 4 is 45.2 Å². The molecular weight excluding hydrogens is 346 g/mol. The van der Waals surface area contributed by atoms with Crippen LogP contribution in [0.3, 0.4) is 0 Å². The van der Waals surface area contributed by atoms with E-state index in [0.717, 1.165) is 20.7 Å². The maximum absolute atomic E-state index is 11.6. The Morgan fingerprint density at radius 3 is 2.67 bits per heavy atom. The van der Waals surface area contributed by atoms with Crippen molar-refractivity contribution in [2.75, 3.05) is 12.8 Å². The quantitative estimate of drug-likeness (QED) is 0.537. The van der Waals surface area contributed by atoms with Crippen LogP contribution in [-0.4, -0.2) is 39.8 Å². The molecule has 0 atom stereocenters. The molecule has 0 fully saturated rings. The van der Waals surface area contributed by atoms with Gasteiger partial charge in [0.15, 0.2) is 0 Å². The highest BCUT2D eigenvalue weighted by Crippen LogP contribution is 2.36. The number of nitrogens with zero attached hydrogens (tertiary/aromatic N) is 2. The van der Waals surface area contributed by atoms with E-state index < -0.39 is 5.97 Å². The largest absolute Gasteiger partial charge is 0.481 e. The van der Waals surface area contributed by atoms with Crippen LogP contribution in [0, 0.1) is 0 Å². The summed E-state index contributed by atoms with van der Waals surface area (Å²) in [5, 5.41) is 12.1. The summed E-state index contributed by atoms with van der Waals surface area (Å²) >= 11 is 2.69. The zero-order valence-electron chi connectivity index (χ0n) is 12.6. The molecule has 0 aliphatic carbocycles. The molecule has 122 valence electrons. The number of hydrogen-bond acceptors (Lipinski definition) is 6. The van der Waals surface area contributed by atoms with Crippen LogP contribution in [0.4, 0.5) is 0 Å². The first kappa shape index (κ1) is 16.4. The molecule has 3 aromatic rings. The summed E-state index contributed by atoms with van der Waals surface area (Å²) in [6, 6.07) is 9.25. The van der Waals surface area contributed by atoms with E-state index in [0.29, 0.717) is 10.6 Å². The number of carboxylic acid groups (broad SMARTS) is 1. The van der Waals surface area contributed by atoms with Gasteiger partial charge in [0.1, 0.15) is 11.4 Å². The van der Waals surface area contributed by atoms with E-state index in [1.54, 1.807) is 19.2 Å². The van der Waals surface area contributed by atoms with E-state index in [9.17, 15) is 9.59 Å². The molecule has 24 heavy (non-hydrogen) atoms. The lowest BCUT2D eigenvalue weighted by molar-refractivity contribution is -0.133. The van der Waals surface area contributed by atoms with E-state index in [1.165, 1.54) is 29.4 Å². The number of aromatic nitrogens is 2. The number of carbonyl (C=O) groups is 2. The van der Waals surface area contributed by atoms with Crippen LogP contribution in [0.15, 0.2) is 41.7 Å². The summed E-state index contributed by atoms with van der Waals surface area (Å²) in [6.45, 7) is 0. The van der Waals surface area contributed by atoms with Crippen molar-refractivity contribution in [2.24, 2.45) is 0 Å². The molecule has 3 rings (SSSR count). The third-order valence-electron chi connectivity index (χ3n) is 3.27. The zero-order chi connectivity index (χ0) is 17.1. The molecule has 0 unspecified atom stereocenters. The van der Waals surface area contributed by atoms with E-state index in [4.69, 9.17) is 5.11 Å². The molecule has 2 N–H and O–H groups in total. The number of fused-ring (bicyclic) bond motifs is 1. The second kappa shape index (κ2) is 6.98. The van der Waals surface area contributed by atoms with Gasteiger partial charge in [-0.15, -0.1) is 11.3 Å². The Kier molecular flexibility index (Phi) is 4.77. The highest BCUT2D eigenvalue weighted by molar-refractivity contribution is 8.00. The molecule has 6 nitrogen and oxygen atoms in total. The highest BCUT2D eigenvalue weighted by Gasteiger charge is 2.12. The van der Waals surface area contributed by atoms with Gasteiger partial charge in [-0.2, -0.15) is 0 Å². The summed E-state index contributed by atoms with van der Waals surface area (Å²) in [4.78, 5) is 31.8. The Labute approximate surface area is 145 Å². The van der Waals surface area contributed by atoms with Crippen LogP contribution in [0.1, 0.15) is 10.4 Å². The molecule has 0 bridgehead atoms. The first-order valence-electron chi connectivity index (χ1n) is 7.00. The first-order chi connectivity index (χ1) is 11.6. The molecule has 0 aliphatic heterocycles. The van der Waals surface area contributed by atoms with Gasteiger partial charge in [0, 0.05) is 17.5 Å². The van der Waals surface area contributed by atoms with Crippen LogP contribution < -0.4 is 5.32 Å². The Morgan fingerprint density at radius 2 is 2.00 bits per heavy atom. The molecule has 0 spiro atoms. The van der Waals surface area contributed by atoms with Gasteiger partial charge in [-0.25, -0.2) is 9.97 Å². The van der Waals surface area contributed by atoms with Crippen LogP contribution >= 0.6 is 23.1 Å². The second-order valence-corrected chi connectivity index (χ2v) is 6.86. The average molecular weight is 359 g/mol. The monoisotopic (exact) mass is 359 g/mol. The number of hydrogen-bond donors (Lipinski definition) is 2. The van der Waals surface area contributed by atoms with Gasteiger partial charge >= 0.3 is 5.97 Å². The molecule has 0 aliphatic rings. The molecule has 0 saturated heterocycles. The number of carboxylic acids is 1. The van der Waals surface area contributed by atoms with Gasteiger partial charge in [-0.1, -0.05) is 23.9 Å². The number of thioether (sulfide) groups is 1. The van der Waals surface area contributed by atoms with Crippen LogP contribution in [-0.2, 0) is 4.79 Å². The Balaban J connectivity index is 1.94. The van der Waals surface area contributed by atoms with E-state index >= 15 is 0 Å². The fourth-order valence-corrected chi connectivity index (χ4v) is 4.06. The van der Waals surface area contributed by atoms with Crippen molar-refractivity contribution in [3.63, 3.8) is 0 Å². The molecular formula is C16H13N3O3S2. The predicted molar refractivity (Wildman–Crippen MR) is 94.6 cm³/mol. The Hall–Kier alpha value is -2.45. The highest BCUT2D eigenvalue weighted by atomic mass is 32.2. The lowest BCUT2D eigenvalue weighted by Crippen LogP contribution is -2.17. The maximum Gasteiger partial charge on any atom is 0.313 e. The minimum Gasteiger partial charge on any atom is -0.481 e. The summed E-state index contributed by atoms with van der Waals surface area (Å²) in [5.74, 6) is -1.05. The number of amides is 1. The van der Waals surface area contributed by atoms with Gasteiger partial charge in [0.2, 0.25) is 0 Å². The molecule has 1 aromatic carbocycles. The maximum atomic E-state index is 11.6. The second-order valence-electron chi connectivity index (χ2n) is 4.84. The van der Waals surface area contributed by atoms with Crippen molar-refractivity contribution in [3.05, 3.63) is 42.2 Å². The van der Waals surface area contributed by atoms with Crippen molar-refractivity contribution in [1.82, 2.24) is 15.3 Å². The fourth-order valence-electron chi connectivity index (χ4n) is 2.14. The third-order valence-corrected chi connectivity index (χ3v) is 5.55. The number of thiophene rings is 1. The van der Waals surface area contributed by atoms with Gasteiger partial charge in [0.25, 0.3) is 5.91 Å². The molecule has 2 heterocycles. The third kappa shape index (κ3) is 3.39. The van der Waals surface area contributed by atoms with Crippen molar-refractivity contribution < 1.29 is 14.7 Å². The molecule has 0 radical (unpaired) electrons. The van der Waals surface area contributed by atoms with Gasteiger partial charge in [0.05, 0.1) is 16.0 Å². The smallest absolute Gasteiger partial charge is 0.313 e. The molecule has 8 heteroatoms. The van der Waals surface area contributed by atoms with Gasteiger partial charge in [-0.05, 0) is 23.8 Å². The number of aliphatic carboxylic acids is 1. The van der Waals surface area contributed by atoms with Gasteiger partial charge in [-0.3, -0.25) is 9.59 Å². The van der Waals surface area contributed by atoms with Crippen molar-refractivity contribution in [1.29, 1.82) is 0 Å². The minimum absolute atomic E-state index is 0.0415. The summed E-state index contributed by atoms with van der Waals surface area (Å²) in [5.41, 5.74) is 2.35. The topological polar surface area (TPSA) is 92.2 Å². The van der Waals surface area contributed by atoms with E-state index in [2.05, 4.69) is 15.3 Å². The first-order valence-corrected chi connectivity index (χ1v) is 8.80. The predicted octanol–water partition coefficient (Wildman–Crippen LogP) is 2.89. The lowest BCUT2D eigenvalue weighted by Gasteiger charge is -2.01. The number of nitrogens with one attached hydrogen (secondary N) is 1. The van der Waals surface area contributed by atoms with Crippen LogP contribution in [0.25, 0.3) is 20.7 Å². The standard InChI is InChI=1S/C16H13N3O3S2/c1-17-15(22)10-4-2-9(3-5-10)12-6-11-14(24-12)16(19-8-18-11)23-7-13(20)21/h2-6,8H,7H2,1H3,(H,17,22)(H,20,21). The number of carbonyl (C=O) groups excluding carboxylic acids is 1. The fraction of sp³-hybridized carbons (Fsp3) is 0.125. The zero-order valence-corrected chi connectivity index (χ0v) is 14.3. The van der Waals surface area contributed by atoms with Crippen molar-refractivity contribution in [2.45, 2.75) is 5.03 Å². The molecule has 0 saturated carbocycles. The number of rotatable bonds is 5. The molecule has 2 aromatic heterocycles. The van der Waals surface area contributed by atoms with Crippen LogP contribution in [0.2, 0.25) is 0 Å². The summed E-state index contributed by atoms with van der Waals surface area (Å²) in [7, 11) is 1.59. The summed E-state index contributed by atoms with van der Waals surface area (Å²) < 4.78 is 0.870. The van der Waals surface area contributed by atoms with E-state index in [-0.39, 0.29) is 11.7 Å².